The molecule has 0 aliphatic heterocycles. The van der Waals surface area contributed by atoms with Gasteiger partial charge in [0.05, 0.1) is 17.1 Å². The third-order valence-electron chi connectivity index (χ3n) is 2.32. The Kier molecular flexibility index (Phi) is 3.05. The van der Waals surface area contributed by atoms with Crippen LogP contribution in [-0.2, 0) is 4.79 Å². The zero-order chi connectivity index (χ0) is 11.5. The summed E-state index contributed by atoms with van der Waals surface area (Å²) in [4.78, 5) is 18.0. The molecular weight excluding hydrogens is 224 g/mol. The maximum Gasteiger partial charge on any atom is 0.304 e. The van der Waals surface area contributed by atoms with Gasteiger partial charge in [-0.05, 0) is 6.07 Å². The van der Waals surface area contributed by atoms with Crippen LogP contribution in [0.2, 0.25) is 0 Å². The Bertz CT molecular complexity index is 476. The normalized spacial score (nSPS) is 12.6. The zero-order valence-electron chi connectivity index (χ0n) is 8.80. The zero-order valence-corrected chi connectivity index (χ0v) is 9.62. The quantitative estimate of drug-likeness (QED) is 0.857. The molecule has 0 bridgehead atoms. The summed E-state index contributed by atoms with van der Waals surface area (Å²) in [6.07, 6.45) is 3.84. The van der Waals surface area contributed by atoms with Crippen LogP contribution in [0.3, 0.4) is 0 Å². The molecule has 0 amide bonds. The minimum Gasteiger partial charge on any atom is -0.481 e. The summed E-state index contributed by atoms with van der Waals surface area (Å²) in [6.45, 7) is 1.88. The predicted octanol–water partition coefficient (Wildman–Crippen LogP) is 2.72. The molecule has 0 aromatic carbocycles. The van der Waals surface area contributed by atoms with Gasteiger partial charge in [-0.25, -0.2) is 4.98 Å². The fourth-order valence-corrected chi connectivity index (χ4v) is 2.37. The number of aromatic nitrogens is 2. The van der Waals surface area contributed by atoms with Crippen molar-refractivity contribution in [2.24, 2.45) is 0 Å². The highest BCUT2D eigenvalue weighted by Crippen LogP contribution is 2.27. The van der Waals surface area contributed by atoms with E-state index in [1.54, 1.807) is 0 Å². The molecule has 4 nitrogen and oxygen atoms in total. The summed E-state index contributed by atoms with van der Waals surface area (Å²) in [5.41, 5.74) is 1.93. The van der Waals surface area contributed by atoms with Gasteiger partial charge in [0.25, 0.3) is 0 Å². The monoisotopic (exact) mass is 236 g/mol. The molecule has 2 aromatic rings. The molecule has 0 aliphatic carbocycles. The molecular formula is C11H12N2O2S. The maximum absolute atomic E-state index is 10.6. The molecule has 0 spiro atoms. The SMILES string of the molecule is CC(CC(=O)O)c1nc(-c2cc[nH]c2)cs1. The first-order valence-corrected chi connectivity index (χ1v) is 5.85. The van der Waals surface area contributed by atoms with Crippen molar-refractivity contribution in [1.29, 1.82) is 0 Å². The van der Waals surface area contributed by atoms with E-state index in [4.69, 9.17) is 5.11 Å². The Hall–Kier alpha value is -1.62. The number of hydrogen-bond donors (Lipinski definition) is 2. The van der Waals surface area contributed by atoms with Crippen molar-refractivity contribution in [3.63, 3.8) is 0 Å². The van der Waals surface area contributed by atoms with Gasteiger partial charge in [0.2, 0.25) is 0 Å². The van der Waals surface area contributed by atoms with Crippen molar-refractivity contribution < 1.29 is 9.90 Å². The van der Waals surface area contributed by atoms with Crippen molar-refractivity contribution in [2.45, 2.75) is 19.3 Å². The average Bonchev–Trinajstić information content (AvgIpc) is 2.87. The first kappa shape index (κ1) is 10.9. The molecule has 0 radical (unpaired) electrons. The Morgan fingerprint density at radius 3 is 3.12 bits per heavy atom. The first-order chi connectivity index (χ1) is 7.66. The molecule has 84 valence electrons. The molecule has 1 unspecified atom stereocenters. The van der Waals surface area contributed by atoms with Gasteiger partial charge in [0, 0.05) is 29.3 Å². The topological polar surface area (TPSA) is 66.0 Å². The fraction of sp³-hybridized carbons (Fsp3) is 0.273. The lowest BCUT2D eigenvalue weighted by Crippen LogP contribution is -2.02. The van der Waals surface area contributed by atoms with E-state index in [0.29, 0.717) is 0 Å². The van der Waals surface area contributed by atoms with Gasteiger partial charge in [-0.3, -0.25) is 4.79 Å². The van der Waals surface area contributed by atoms with Crippen LogP contribution in [0.4, 0.5) is 0 Å². The summed E-state index contributed by atoms with van der Waals surface area (Å²) >= 11 is 1.51. The smallest absolute Gasteiger partial charge is 0.304 e. The van der Waals surface area contributed by atoms with Gasteiger partial charge in [0.15, 0.2) is 0 Å². The van der Waals surface area contributed by atoms with E-state index in [-0.39, 0.29) is 12.3 Å². The van der Waals surface area contributed by atoms with Gasteiger partial charge in [0.1, 0.15) is 0 Å². The molecule has 2 aromatic heterocycles. The second-order valence-electron chi connectivity index (χ2n) is 3.67. The number of rotatable bonds is 4. The van der Waals surface area contributed by atoms with Gasteiger partial charge in [-0.2, -0.15) is 0 Å². The lowest BCUT2D eigenvalue weighted by molar-refractivity contribution is -0.137. The minimum atomic E-state index is -0.786. The largest absolute Gasteiger partial charge is 0.481 e. The molecule has 0 saturated heterocycles. The van der Waals surface area contributed by atoms with Crippen LogP contribution < -0.4 is 0 Å². The number of carbonyl (C=O) groups is 1. The Morgan fingerprint density at radius 2 is 2.50 bits per heavy atom. The van der Waals surface area contributed by atoms with E-state index in [9.17, 15) is 4.79 Å². The van der Waals surface area contributed by atoms with E-state index in [1.165, 1.54) is 11.3 Å². The van der Waals surface area contributed by atoms with Gasteiger partial charge >= 0.3 is 5.97 Å². The lowest BCUT2D eigenvalue weighted by atomic mass is 10.1. The van der Waals surface area contributed by atoms with E-state index < -0.39 is 5.97 Å². The van der Waals surface area contributed by atoms with Crippen molar-refractivity contribution >= 4 is 17.3 Å². The third kappa shape index (κ3) is 2.30. The maximum atomic E-state index is 10.6. The van der Waals surface area contributed by atoms with E-state index in [2.05, 4.69) is 9.97 Å². The van der Waals surface area contributed by atoms with E-state index >= 15 is 0 Å². The van der Waals surface area contributed by atoms with Crippen LogP contribution in [0.5, 0.6) is 0 Å². The van der Waals surface area contributed by atoms with Gasteiger partial charge in [-0.15, -0.1) is 11.3 Å². The number of nitrogens with one attached hydrogen (secondary N) is 1. The second kappa shape index (κ2) is 4.49. The number of H-pyrrole nitrogens is 1. The van der Waals surface area contributed by atoms with Gasteiger partial charge in [-0.1, -0.05) is 6.92 Å². The number of carboxylic acid groups (broad SMARTS) is 1. The molecule has 0 fully saturated rings. The average molecular weight is 236 g/mol. The number of thiazole rings is 1. The second-order valence-corrected chi connectivity index (χ2v) is 4.56. The van der Waals surface area contributed by atoms with Crippen molar-refractivity contribution in [1.82, 2.24) is 9.97 Å². The minimum absolute atomic E-state index is 0.0322. The van der Waals surface area contributed by atoms with E-state index in [1.807, 2.05) is 30.8 Å². The van der Waals surface area contributed by atoms with Crippen LogP contribution in [0.1, 0.15) is 24.3 Å². The molecule has 0 aliphatic rings. The first-order valence-electron chi connectivity index (χ1n) is 4.97. The summed E-state index contributed by atoms with van der Waals surface area (Å²) in [5.74, 6) is -0.818. The van der Waals surface area contributed by atoms with Crippen LogP contribution >= 0.6 is 11.3 Å². The standard InChI is InChI=1S/C11H12N2O2S/c1-7(4-10(14)15)11-13-9(6-16-11)8-2-3-12-5-8/h2-3,5-7,12H,4H2,1H3,(H,14,15). The van der Waals surface area contributed by atoms with Crippen molar-refractivity contribution in [2.75, 3.05) is 0 Å². The highest BCUT2D eigenvalue weighted by atomic mass is 32.1. The third-order valence-corrected chi connectivity index (χ3v) is 3.39. The van der Waals surface area contributed by atoms with Crippen LogP contribution in [0.25, 0.3) is 11.3 Å². The Labute approximate surface area is 97.0 Å². The molecule has 2 N–H and O–H groups in total. The number of aliphatic carboxylic acids is 1. The molecule has 1 atom stereocenters. The number of aromatic amines is 1. The number of carboxylic acids is 1. The summed E-state index contributed by atoms with van der Waals surface area (Å²) < 4.78 is 0. The fourth-order valence-electron chi connectivity index (χ4n) is 1.48. The van der Waals surface area contributed by atoms with Crippen LogP contribution in [0.15, 0.2) is 23.8 Å². The van der Waals surface area contributed by atoms with Gasteiger partial charge < -0.3 is 10.1 Å². The molecule has 16 heavy (non-hydrogen) atoms. The number of hydrogen-bond acceptors (Lipinski definition) is 3. The molecule has 5 heteroatoms. The molecule has 2 heterocycles. The highest BCUT2D eigenvalue weighted by molar-refractivity contribution is 7.10. The highest BCUT2D eigenvalue weighted by Gasteiger charge is 2.14. The van der Waals surface area contributed by atoms with Crippen LogP contribution in [0, 0.1) is 0 Å². The van der Waals surface area contributed by atoms with Crippen LogP contribution in [-0.4, -0.2) is 21.0 Å². The lowest BCUT2D eigenvalue weighted by Gasteiger charge is -2.02. The van der Waals surface area contributed by atoms with Crippen molar-refractivity contribution in [3.8, 4) is 11.3 Å². The summed E-state index contributed by atoms with van der Waals surface area (Å²) in [6, 6.07) is 1.95. The predicted molar refractivity (Wildman–Crippen MR) is 62.6 cm³/mol. The van der Waals surface area contributed by atoms with Crippen molar-refractivity contribution in [3.05, 3.63) is 28.8 Å². The Morgan fingerprint density at radius 1 is 1.69 bits per heavy atom. The Balaban J connectivity index is 2.16. The molecule has 0 saturated carbocycles. The van der Waals surface area contributed by atoms with E-state index in [0.717, 1.165) is 16.3 Å². The molecule has 2 rings (SSSR count). The summed E-state index contributed by atoms with van der Waals surface area (Å²) in [5, 5.41) is 11.5. The number of nitrogens with zero attached hydrogens (tertiary/aromatic N) is 1. The summed E-state index contributed by atoms with van der Waals surface area (Å²) in [7, 11) is 0.